The maximum absolute atomic E-state index is 13.9. The maximum Gasteiger partial charge on any atom is 0.257 e. The lowest BCUT2D eigenvalue weighted by Crippen LogP contribution is -2.44. The van der Waals surface area contributed by atoms with E-state index in [1.165, 1.54) is 41.1 Å². The van der Waals surface area contributed by atoms with E-state index in [0.717, 1.165) is 64.8 Å². The van der Waals surface area contributed by atoms with Crippen LogP contribution in [0.4, 0.5) is 15.9 Å². The van der Waals surface area contributed by atoms with Gasteiger partial charge in [-0.05, 0) is 72.2 Å². The number of piperidine rings is 1. The first-order valence-electron chi connectivity index (χ1n) is 14.7. The summed E-state index contributed by atoms with van der Waals surface area (Å²) in [5, 5.41) is 2.88. The molecule has 45 heavy (non-hydrogen) atoms. The molecule has 2 aliphatic rings. The molecule has 0 radical (unpaired) electrons. The van der Waals surface area contributed by atoms with Gasteiger partial charge in [0, 0.05) is 24.0 Å². The molecule has 0 unspecified atom stereocenters. The first-order valence-corrected chi connectivity index (χ1v) is 16.3. The van der Waals surface area contributed by atoms with Gasteiger partial charge in [0.2, 0.25) is 0 Å². The topological polar surface area (TPSA) is 88.5 Å². The lowest BCUT2D eigenvalue weighted by Gasteiger charge is -2.42. The van der Waals surface area contributed by atoms with E-state index in [0.29, 0.717) is 10.7 Å². The van der Waals surface area contributed by atoms with Gasteiger partial charge in [-0.2, -0.15) is 0 Å². The van der Waals surface area contributed by atoms with Crippen molar-refractivity contribution in [3.63, 3.8) is 0 Å². The van der Waals surface area contributed by atoms with Crippen molar-refractivity contribution >= 4 is 69.2 Å². The van der Waals surface area contributed by atoms with E-state index in [2.05, 4.69) is 38.9 Å². The van der Waals surface area contributed by atoms with Crippen LogP contribution in [0.15, 0.2) is 88.8 Å². The Morgan fingerprint density at radius 3 is 2.60 bits per heavy atom. The zero-order valence-corrected chi connectivity index (χ0v) is 26.3. The van der Waals surface area contributed by atoms with Crippen molar-refractivity contribution in [2.45, 2.75) is 35.1 Å². The third-order valence-electron chi connectivity index (χ3n) is 9.32. The summed E-state index contributed by atoms with van der Waals surface area (Å²) in [6, 6.07) is 22.1. The quantitative estimate of drug-likeness (QED) is 0.195. The largest absolute Gasteiger partial charge is 0.355 e. The number of halogens is 3. The number of carbonyl (C=O) groups is 1. The second-order valence-electron chi connectivity index (χ2n) is 11.8. The molecule has 1 saturated heterocycles. The molecule has 7 nitrogen and oxygen atoms in total. The standard InChI is InChI=1S/C34H27Cl2FN6OS/c35-28-21(7-3-8-22(28)37)33(44)40-23-9-4-10-25(29(23)36)45-26-11-12-27-41-31(24-18-39-32(26)43(24)27)42-15-13-34(14-16-42)17-19-5-1-2-6-20(19)30(34)38/h1-12,18,30H,13-17,38H2,(H,40,44)/t30-/m1/s1. The zero-order chi connectivity index (χ0) is 30.9. The third kappa shape index (κ3) is 4.63. The Morgan fingerprint density at radius 1 is 0.978 bits per heavy atom. The Hall–Kier alpha value is -3.89. The number of amides is 1. The fourth-order valence-corrected chi connectivity index (χ4v) is 8.38. The Kier molecular flexibility index (Phi) is 6.91. The molecule has 3 aromatic heterocycles. The minimum Gasteiger partial charge on any atom is -0.355 e. The number of pyridine rings is 1. The molecule has 1 atom stereocenters. The van der Waals surface area contributed by atoms with Gasteiger partial charge in [0.1, 0.15) is 17.0 Å². The summed E-state index contributed by atoms with van der Waals surface area (Å²) in [4.78, 5) is 26.7. The number of aromatic nitrogens is 3. The molecule has 4 heterocycles. The first-order chi connectivity index (χ1) is 21.8. The smallest absolute Gasteiger partial charge is 0.257 e. The van der Waals surface area contributed by atoms with E-state index in [9.17, 15) is 9.18 Å². The highest BCUT2D eigenvalue weighted by atomic mass is 35.5. The minimum absolute atomic E-state index is 0.0299. The molecule has 1 amide bonds. The summed E-state index contributed by atoms with van der Waals surface area (Å²) in [6.45, 7) is 1.77. The normalized spacial score (nSPS) is 17.4. The highest BCUT2D eigenvalue weighted by Gasteiger charge is 2.46. The predicted molar refractivity (Wildman–Crippen MR) is 178 cm³/mol. The molecule has 0 saturated carbocycles. The molecule has 1 aliphatic carbocycles. The summed E-state index contributed by atoms with van der Waals surface area (Å²) >= 11 is 14.2. The van der Waals surface area contributed by atoms with Gasteiger partial charge in [0.25, 0.3) is 5.91 Å². The van der Waals surface area contributed by atoms with Crippen molar-refractivity contribution < 1.29 is 9.18 Å². The Morgan fingerprint density at radius 2 is 1.78 bits per heavy atom. The Bertz CT molecular complexity index is 2110. The van der Waals surface area contributed by atoms with Crippen LogP contribution in [-0.2, 0) is 6.42 Å². The number of anilines is 2. The van der Waals surface area contributed by atoms with Crippen molar-refractivity contribution in [3.8, 4) is 0 Å². The monoisotopic (exact) mass is 656 g/mol. The zero-order valence-electron chi connectivity index (χ0n) is 23.9. The maximum atomic E-state index is 13.9. The Labute approximate surface area is 272 Å². The molecule has 0 bridgehead atoms. The van der Waals surface area contributed by atoms with Gasteiger partial charge < -0.3 is 16.0 Å². The van der Waals surface area contributed by atoms with Crippen LogP contribution in [0, 0.1) is 11.2 Å². The van der Waals surface area contributed by atoms with Crippen LogP contribution >= 0.6 is 35.0 Å². The number of hydrogen-bond donors (Lipinski definition) is 2. The van der Waals surface area contributed by atoms with Gasteiger partial charge in [0.05, 0.1) is 32.4 Å². The molecule has 1 spiro atoms. The van der Waals surface area contributed by atoms with E-state index in [1.54, 1.807) is 12.1 Å². The average Bonchev–Trinajstić information content (AvgIpc) is 3.73. The van der Waals surface area contributed by atoms with Gasteiger partial charge >= 0.3 is 0 Å². The molecular weight excluding hydrogens is 630 g/mol. The number of nitrogens with zero attached hydrogens (tertiary/aromatic N) is 4. The molecule has 6 aromatic rings. The van der Waals surface area contributed by atoms with Crippen molar-refractivity contribution in [3.05, 3.63) is 112 Å². The third-order valence-corrected chi connectivity index (χ3v) is 11.3. The molecule has 11 heteroatoms. The summed E-state index contributed by atoms with van der Waals surface area (Å²) in [5.74, 6) is -0.270. The summed E-state index contributed by atoms with van der Waals surface area (Å²) in [5.41, 5.74) is 12.6. The van der Waals surface area contributed by atoms with Gasteiger partial charge in [0.15, 0.2) is 11.5 Å². The molecule has 226 valence electrons. The number of carbonyl (C=O) groups excluding carboxylic acids is 1. The van der Waals surface area contributed by atoms with Crippen LogP contribution in [-0.4, -0.2) is 33.4 Å². The number of nitrogens with two attached hydrogens (primary N) is 1. The fourth-order valence-electron chi connectivity index (χ4n) is 6.92. The van der Waals surface area contributed by atoms with Gasteiger partial charge in [-0.25, -0.2) is 14.4 Å². The van der Waals surface area contributed by atoms with Crippen molar-refractivity contribution in [2.24, 2.45) is 11.1 Å². The number of rotatable bonds is 5. The van der Waals surface area contributed by atoms with Crippen molar-refractivity contribution in [1.82, 2.24) is 14.4 Å². The summed E-state index contributed by atoms with van der Waals surface area (Å²) in [7, 11) is 0. The van der Waals surface area contributed by atoms with E-state index in [4.69, 9.17) is 38.9 Å². The molecular formula is C34H27Cl2FN6OS. The van der Waals surface area contributed by atoms with Gasteiger partial charge in [-0.3, -0.25) is 9.20 Å². The van der Waals surface area contributed by atoms with Crippen LogP contribution in [0.1, 0.15) is 40.4 Å². The van der Waals surface area contributed by atoms with E-state index >= 15 is 0 Å². The van der Waals surface area contributed by atoms with E-state index in [-0.39, 0.29) is 22.0 Å². The second-order valence-corrected chi connectivity index (χ2v) is 13.6. The lowest BCUT2D eigenvalue weighted by molar-refractivity contribution is 0.102. The van der Waals surface area contributed by atoms with Crippen LogP contribution in [0.5, 0.6) is 0 Å². The van der Waals surface area contributed by atoms with Crippen LogP contribution in [0.3, 0.4) is 0 Å². The predicted octanol–water partition coefficient (Wildman–Crippen LogP) is 8.01. The van der Waals surface area contributed by atoms with Crippen LogP contribution in [0.2, 0.25) is 10.0 Å². The molecule has 3 aromatic carbocycles. The molecule has 3 N–H and O–H groups in total. The molecule has 8 rings (SSSR count). The summed E-state index contributed by atoms with van der Waals surface area (Å²) < 4.78 is 16.0. The highest BCUT2D eigenvalue weighted by Crippen LogP contribution is 2.51. The number of imidazole rings is 2. The van der Waals surface area contributed by atoms with Gasteiger partial charge in [-0.15, -0.1) is 0 Å². The lowest BCUT2D eigenvalue weighted by atomic mass is 9.73. The van der Waals surface area contributed by atoms with E-state index in [1.807, 2.05) is 24.4 Å². The number of fused-ring (bicyclic) bond motifs is 1. The number of benzene rings is 3. The van der Waals surface area contributed by atoms with Crippen LogP contribution < -0.4 is 16.0 Å². The minimum atomic E-state index is -0.663. The van der Waals surface area contributed by atoms with Crippen molar-refractivity contribution in [2.75, 3.05) is 23.3 Å². The Balaban J connectivity index is 1.03. The van der Waals surface area contributed by atoms with Crippen molar-refractivity contribution in [1.29, 1.82) is 0 Å². The molecule has 1 aliphatic heterocycles. The number of hydrogen-bond acceptors (Lipinski definition) is 6. The number of nitrogens with one attached hydrogen (secondary N) is 1. The summed E-state index contributed by atoms with van der Waals surface area (Å²) in [6.07, 6.45) is 4.95. The fraction of sp³-hybridized carbons (Fsp3) is 0.206. The average molecular weight is 658 g/mol. The van der Waals surface area contributed by atoms with E-state index < -0.39 is 11.7 Å². The second kappa shape index (κ2) is 10.9. The molecule has 1 fully saturated rings. The van der Waals surface area contributed by atoms with Crippen LogP contribution in [0.25, 0.3) is 16.8 Å². The first kappa shape index (κ1) is 28.6. The van der Waals surface area contributed by atoms with Gasteiger partial charge in [-0.1, -0.05) is 71.4 Å². The highest BCUT2D eigenvalue weighted by molar-refractivity contribution is 7.99. The SMILES string of the molecule is N[C@@H]1c2ccccc2CC12CCN(c1nc3ccc(Sc4cccc(NC(=O)c5cccc(F)c5Cl)c4Cl)c4ncc1n34)CC2.